The molecule has 1 aromatic carbocycles. The molecule has 0 saturated heterocycles. The molecule has 3 heteroatoms. The van der Waals surface area contributed by atoms with Crippen LogP contribution in [0.25, 0.3) is 0 Å². The molecule has 1 unspecified atom stereocenters. The lowest BCUT2D eigenvalue weighted by Gasteiger charge is -2.24. The number of carbonyl (C=O) groups is 1. The fraction of sp³-hybridized carbons (Fsp3) is 0.200. The van der Waals surface area contributed by atoms with E-state index in [0.29, 0.717) is 12.0 Å². The Morgan fingerprint density at radius 2 is 2.17 bits per heavy atom. The van der Waals surface area contributed by atoms with Gasteiger partial charge in [0.25, 0.3) is 0 Å². The third-order valence-electron chi connectivity index (χ3n) is 3.16. The van der Waals surface area contributed by atoms with E-state index in [1.54, 1.807) is 6.20 Å². The Bertz CT molecular complexity index is 593. The molecule has 0 aliphatic carbocycles. The van der Waals surface area contributed by atoms with Crippen LogP contribution in [0, 0.1) is 6.92 Å². The standard InChI is InChI=1S/C15H13NO2/c1-10-5-6-11-9-14(13-4-2-3-7-16-13)18-15(17)12(11)8-10/h2-8,14H,9H2,1H3. The molecule has 0 amide bonds. The van der Waals surface area contributed by atoms with Crippen LogP contribution in [0.1, 0.15) is 33.3 Å². The van der Waals surface area contributed by atoms with Crippen LogP contribution in [0.3, 0.4) is 0 Å². The summed E-state index contributed by atoms with van der Waals surface area (Å²) >= 11 is 0. The van der Waals surface area contributed by atoms with Gasteiger partial charge in [-0.05, 0) is 30.7 Å². The van der Waals surface area contributed by atoms with Gasteiger partial charge in [-0.1, -0.05) is 23.8 Å². The Hall–Kier alpha value is -2.16. The van der Waals surface area contributed by atoms with Gasteiger partial charge >= 0.3 is 5.97 Å². The molecule has 0 spiro atoms. The molecular formula is C15H13NO2. The molecule has 1 atom stereocenters. The number of cyclic esters (lactones) is 1. The minimum atomic E-state index is -0.270. The minimum absolute atomic E-state index is 0.254. The summed E-state index contributed by atoms with van der Waals surface area (Å²) in [7, 11) is 0. The van der Waals surface area contributed by atoms with Crippen LogP contribution in [0.2, 0.25) is 0 Å². The number of rotatable bonds is 1. The highest BCUT2D eigenvalue weighted by atomic mass is 16.5. The predicted octanol–water partition coefficient (Wildman–Crippen LogP) is 2.84. The lowest BCUT2D eigenvalue weighted by molar-refractivity contribution is 0.0242. The fourth-order valence-corrected chi connectivity index (χ4v) is 2.22. The second kappa shape index (κ2) is 4.26. The smallest absolute Gasteiger partial charge is 0.339 e. The predicted molar refractivity (Wildman–Crippen MR) is 67.3 cm³/mol. The van der Waals surface area contributed by atoms with Gasteiger partial charge < -0.3 is 4.74 Å². The number of carbonyl (C=O) groups excluding carboxylic acids is 1. The monoisotopic (exact) mass is 239 g/mol. The van der Waals surface area contributed by atoms with Crippen LogP contribution < -0.4 is 0 Å². The average molecular weight is 239 g/mol. The molecule has 0 saturated carbocycles. The van der Waals surface area contributed by atoms with E-state index in [1.165, 1.54) is 0 Å². The number of pyridine rings is 1. The Labute approximate surface area is 105 Å². The Kier molecular flexibility index (Phi) is 2.59. The van der Waals surface area contributed by atoms with Crippen LogP contribution >= 0.6 is 0 Å². The van der Waals surface area contributed by atoms with Crippen molar-refractivity contribution >= 4 is 5.97 Å². The summed E-state index contributed by atoms with van der Waals surface area (Å²) in [4.78, 5) is 16.2. The summed E-state index contributed by atoms with van der Waals surface area (Å²) in [6.07, 6.45) is 2.14. The zero-order chi connectivity index (χ0) is 12.5. The summed E-state index contributed by atoms with van der Waals surface area (Å²) in [6, 6.07) is 11.5. The molecule has 18 heavy (non-hydrogen) atoms. The van der Waals surface area contributed by atoms with E-state index < -0.39 is 0 Å². The second-order valence-corrected chi connectivity index (χ2v) is 4.51. The van der Waals surface area contributed by atoms with Crippen molar-refractivity contribution < 1.29 is 9.53 Å². The molecule has 2 aromatic rings. The number of fused-ring (bicyclic) bond motifs is 1. The van der Waals surface area contributed by atoms with Crippen LogP contribution in [0.5, 0.6) is 0 Å². The highest BCUT2D eigenvalue weighted by molar-refractivity contribution is 5.92. The van der Waals surface area contributed by atoms with Crippen molar-refractivity contribution in [3.63, 3.8) is 0 Å². The van der Waals surface area contributed by atoms with Crippen molar-refractivity contribution in [3.8, 4) is 0 Å². The third kappa shape index (κ3) is 1.88. The first kappa shape index (κ1) is 11.0. The van der Waals surface area contributed by atoms with Gasteiger partial charge in [-0.2, -0.15) is 0 Å². The molecule has 0 bridgehead atoms. The van der Waals surface area contributed by atoms with Crippen molar-refractivity contribution in [3.05, 3.63) is 65.0 Å². The summed E-state index contributed by atoms with van der Waals surface area (Å²) in [6.45, 7) is 1.97. The summed E-state index contributed by atoms with van der Waals surface area (Å²) in [5, 5.41) is 0. The lowest BCUT2D eigenvalue weighted by atomic mass is 9.95. The number of esters is 1. The van der Waals surface area contributed by atoms with Crippen LogP contribution in [0.15, 0.2) is 42.6 Å². The zero-order valence-electron chi connectivity index (χ0n) is 10.1. The molecule has 0 radical (unpaired) electrons. The SMILES string of the molecule is Cc1ccc2c(c1)C(=O)OC(c1ccccn1)C2. The normalized spacial score (nSPS) is 18.1. The minimum Gasteiger partial charge on any atom is -0.452 e. The van der Waals surface area contributed by atoms with Gasteiger partial charge in [0.05, 0.1) is 11.3 Å². The topological polar surface area (TPSA) is 39.2 Å². The second-order valence-electron chi connectivity index (χ2n) is 4.51. The van der Waals surface area contributed by atoms with E-state index in [1.807, 2.05) is 43.3 Å². The van der Waals surface area contributed by atoms with E-state index in [9.17, 15) is 4.79 Å². The molecule has 1 aromatic heterocycles. The van der Waals surface area contributed by atoms with Crippen molar-refractivity contribution in [2.45, 2.75) is 19.4 Å². The molecular weight excluding hydrogens is 226 g/mol. The molecule has 0 N–H and O–H groups in total. The Morgan fingerprint density at radius 1 is 1.28 bits per heavy atom. The fourth-order valence-electron chi connectivity index (χ4n) is 2.22. The molecule has 0 fully saturated rings. The van der Waals surface area contributed by atoms with Crippen molar-refractivity contribution in [2.24, 2.45) is 0 Å². The number of benzene rings is 1. The van der Waals surface area contributed by atoms with Crippen molar-refractivity contribution in [1.82, 2.24) is 4.98 Å². The van der Waals surface area contributed by atoms with Crippen LogP contribution in [0.4, 0.5) is 0 Å². The highest BCUT2D eigenvalue weighted by Crippen LogP contribution is 2.29. The van der Waals surface area contributed by atoms with Gasteiger partial charge in [-0.25, -0.2) is 4.79 Å². The number of hydrogen-bond acceptors (Lipinski definition) is 3. The number of aryl methyl sites for hydroxylation is 1. The van der Waals surface area contributed by atoms with Gasteiger partial charge in [0.2, 0.25) is 0 Å². The van der Waals surface area contributed by atoms with Gasteiger partial charge in [0.1, 0.15) is 6.10 Å². The molecule has 3 nitrogen and oxygen atoms in total. The van der Waals surface area contributed by atoms with Crippen LogP contribution in [-0.4, -0.2) is 11.0 Å². The maximum Gasteiger partial charge on any atom is 0.339 e. The maximum atomic E-state index is 12.0. The molecule has 2 heterocycles. The van der Waals surface area contributed by atoms with Gasteiger partial charge in [-0.15, -0.1) is 0 Å². The molecule has 3 rings (SSSR count). The van der Waals surface area contributed by atoms with Gasteiger partial charge in [0.15, 0.2) is 0 Å². The molecule has 1 aliphatic rings. The number of ether oxygens (including phenoxy) is 1. The van der Waals surface area contributed by atoms with E-state index in [2.05, 4.69) is 4.98 Å². The third-order valence-corrected chi connectivity index (χ3v) is 3.16. The number of hydrogen-bond donors (Lipinski definition) is 0. The Balaban J connectivity index is 1.97. The largest absolute Gasteiger partial charge is 0.452 e. The number of nitrogens with zero attached hydrogens (tertiary/aromatic N) is 1. The van der Waals surface area contributed by atoms with E-state index >= 15 is 0 Å². The first-order valence-electron chi connectivity index (χ1n) is 5.95. The quantitative estimate of drug-likeness (QED) is 0.718. The average Bonchev–Trinajstić information content (AvgIpc) is 2.40. The molecule has 1 aliphatic heterocycles. The lowest BCUT2D eigenvalue weighted by Crippen LogP contribution is -2.22. The summed E-state index contributed by atoms with van der Waals surface area (Å²) in [5.74, 6) is -0.254. The highest BCUT2D eigenvalue weighted by Gasteiger charge is 2.27. The van der Waals surface area contributed by atoms with E-state index in [0.717, 1.165) is 16.8 Å². The van der Waals surface area contributed by atoms with E-state index in [-0.39, 0.29) is 12.1 Å². The number of aromatic nitrogens is 1. The first-order valence-corrected chi connectivity index (χ1v) is 5.95. The zero-order valence-corrected chi connectivity index (χ0v) is 10.1. The van der Waals surface area contributed by atoms with Crippen molar-refractivity contribution in [2.75, 3.05) is 0 Å². The molecule has 90 valence electrons. The summed E-state index contributed by atoms with van der Waals surface area (Å²) in [5.41, 5.74) is 3.59. The summed E-state index contributed by atoms with van der Waals surface area (Å²) < 4.78 is 5.45. The van der Waals surface area contributed by atoms with E-state index in [4.69, 9.17) is 4.74 Å². The van der Waals surface area contributed by atoms with Crippen LogP contribution in [-0.2, 0) is 11.2 Å². The van der Waals surface area contributed by atoms with Crippen molar-refractivity contribution in [1.29, 1.82) is 0 Å². The van der Waals surface area contributed by atoms with Gasteiger partial charge in [-0.3, -0.25) is 4.98 Å². The van der Waals surface area contributed by atoms with Gasteiger partial charge in [0, 0.05) is 12.6 Å². The maximum absolute atomic E-state index is 12.0. The Morgan fingerprint density at radius 3 is 2.94 bits per heavy atom. The first-order chi connectivity index (χ1) is 8.74.